The minimum absolute atomic E-state index is 0.557. The standard InChI is InChI=1S/C26H25N5OS.C6H6/c1-2-32-21-14-12-19(13-15-21)23-18-33-26(31(23)20-9-5-3-6-10-20)22(17-27)25-29-28-24-11-7-4-8-16-30(24)25;1-2-4-6-5-3-1/h3,5-6,9-10,12-15,18H,2,4,7-8,11,16H2,1H3;1-6H/b26-22+;. The zero-order chi connectivity index (χ0) is 26.9. The van der Waals surface area contributed by atoms with Crippen LogP contribution < -0.4 is 9.64 Å². The second-order valence-corrected chi connectivity index (χ2v) is 9.96. The minimum Gasteiger partial charge on any atom is -0.494 e. The van der Waals surface area contributed by atoms with E-state index in [2.05, 4.69) is 55.4 Å². The van der Waals surface area contributed by atoms with Crippen LogP contribution in [0, 0.1) is 11.3 Å². The first-order valence-corrected chi connectivity index (χ1v) is 14.2. The second kappa shape index (κ2) is 13.0. The van der Waals surface area contributed by atoms with E-state index in [1.807, 2.05) is 73.7 Å². The molecule has 0 aliphatic carbocycles. The third-order valence-corrected chi connectivity index (χ3v) is 7.48. The van der Waals surface area contributed by atoms with E-state index in [-0.39, 0.29) is 0 Å². The molecule has 3 aromatic carbocycles. The Morgan fingerprint density at radius 1 is 0.897 bits per heavy atom. The Hall–Kier alpha value is -4.28. The lowest BCUT2D eigenvalue weighted by atomic mass is 10.1. The van der Waals surface area contributed by atoms with Gasteiger partial charge in [0.15, 0.2) is 5.82 Å². The summed E-state index contributed by atoms with van der Waals surface area (Å²) in [4.78, 5) is 2.15. The third-order valence-electron chi connectivity index (χ3n) is 6.53. The Morgan fingerprint density at radius 2 is 1.59 bits per heavy atom. The Morgan fingerprint density at radius 3 is 2.26 bits per heavy atom. The average molecular weight is 534 g/mol. The molecule has 0 bridgehead atoms. The van der Waals surface area contributed by atoms with Gasteiger partial charge < -0.3 is 14.2 Å². The first-order chi connectivity index (χ1) is 19.3. The minimum atomic E-state index is 0.557. The van der Waals surface area contributed by atoms with Gasteiger partial charge >= 0.3 is 0 Å². The zero-order valence-corrected chi connectivity index (χ0v) is 22.8. The Labute approximate surface area is 234 Å². The van der Waals surface area contributed by atoms with Gasteiger partial charge in [0, 0.05) is 24.1 Å². The largest absolute Gasteiger partial charge is 0.494 e. The molecule has 0 saturated carbocycles. The summed E-state index contributed by atoms with van der Waals surface area (Å²) in [6.07, 6.45) is 4.28. The molecule has 6 nitrogen and oxygen atoms in total. The highest BCUT2D eigenvalue weighted by molar-refractivity contribution is 8.06. The number of rotatable bonds is 5. The smallest absolute Gasteiger partial charge is 0.177 e. The normalized spacial score (nSPS) is 15.7. The molecule has 4 aromatic rings. The van der Waals surface area contributed by atoms with Gasteiger partial charge in [-0.2, -0.15) is 5.26 Å². The van der Waals surface area contributed by atoms with Crippen molar-refractivity contribution in [3.63, 3.8) is 0 Å². The number of para-hydroxylation sites is 1. The molecule has 0 unspecified atom stereocenters. The molecule has 39 heavy (non-hydrogen) atoms. The number of fused-ring (bicyclic) bond motifs is 1. The molecule has 0 atom stereocenters. The summed E-state index contributed by atoms with van der Waals surface area (Å²) in [5.74, 6) is 2.49. The fourth-order valence-corrected chi connectivity index (χ4v) is 5.69. The van der Waals surface area contributed by atoms with E-state index in [0.717, 1.165) is 59.4 Å². The summed E-state index contributed by atoms with van der Waals surface area (Å²) >= 11 is 1.56. The van der Waals surface area contributed by atoms with Crippen molar-refractivity contribution < 1.29 is 4.74 Å². The maximum atomic E-state index is 10.3. The van der Waals surface area contributed by atoms with E-state index < -0.39 is 0 Å². The number of aryl methyl sites for hydroxylation is 1. The monoisotopic (exact) mass is 533 g/mol. The van der Waals surface area contributed by atoms with E-state index in [0.29, 0.717) is 18.0 Å². The Kier molecular flexibility index (Phi) is 8.77. The SMILES string of the molecule is CCOc1ccc(C2=CS/C(=C(\C#N)c3nnc4n3CCCCC4)N2c2ccccc2)cc1.c1ccccc1. The van der Waals surface area contributed by atoms with Crippen LogP contribution in [-0.2, 0) is 13.0 Å². The van der Waals surface area contributed by atoms with Crippen LogP contribution in [0.25, 0.3) is 11.3 Å². The summed E-state index contributed by atoms with van der Waals surface area (Å²) in [6, 6.07) is 32.7. The van der Waals surface area contributed by atoms with Gasteiger partial charge in [-0.15, -0.1) is 10.2 Å². The van der Waals surface area contributed by atoms with Crippen LogP contribution in [0.3, 0.4) is 0 Å². The highest BCUT2D eigenvalue weighted by Crippen LogP contribution is 2.46. The third kappa shape index (κ3) is 6.08. The first-order valence-electron chi connectivity index (χ1n) is 13.3. The molecule has 1 aromatic heterocycles. The fourth-order valence-electron chi connectivity index (χ4n) is 4.66. The Balaban J connectivity index is 0.000000455. The molecule has 2 aliphatic heterocycles. The van der Waals surface area contributed by atoms with Crippen molar-refractivity contribution in [2.45, 2.75) is 39.2 Å². The van der Waals surface area contributed by atoms with E-state index in [1.165, 1.54) is 6.42 Å². The van der Waals surface area contributed by atoms with Gasteiger partial charge in [0.05, 0.1) is 12.3 Å². The fraction of sp³-hybridized carbons (Fsp3) is 0.219. The predicted octanol–water partition coefficient (Wildman–Crippen LogP) is 7.53. The van der Waals surface area contributed by atoms with Crippen LogP contribution in [0.4, 0.5) is 5.69 Å². The molecular weight excluding hydrogens is 502 g/mol. The van der Waals surface area contributed by atoms with Crippen molar-refractivity contribution in [3.05, 3.63) is 119 Å². The lowest BCUT2D eigenvalue weighted by molar-refractivity contribution is 0.340. The molecule has 0 N–H and O–H groups in total. The number of anilines is 1. The number of hydrogen-bond donors (Lipinski definition) is 0. The average Bonchev–Trinajstić information content (AvgIpc) is 3.53. The molecule has 2 aliphatic rings. The summed E-state index contributed by atoms with van der Waals surface area (Å²) < 4.78 is 7.75. The summed E-state index contributed by atoms with van der Waals surface area (Å²) in [7, 11) is 0. The van der Waals surface area contributed by atoms with E-state index in [9.17, 15) is 5.26 Å². The van der Waals surface area contributed by atoms with Gasteiger partial charge in [-0.05, 0) is 61.7 Å². The van der Waals surface area contributed by atoms with Crippen LogP contribution in [0.1, 0.15) is 43.4 Å². The van der Waals surface area contributed by atoms with E-state index in [1.54, 1.807) is 11.8 Å². The summed E-state index contributed by atoms with van der Waals surface area (Å²) in [6.45, 7) is 3.47. The summed E-state index contributed by atoms with van der Waals surface area (Å²) in [5.41, 5.74) is 3.64. The topological polar surface area (TPSA) is 67.0 Å². The number of nitrogens with zero attached hydrogens (tertiary/aromatic N) is 5. The van der Waals surface area contributed by atoms with Crippen molar-refractivity contribution in [1.29, 1.82) is 5.26 Å². The van der Waals surface area contributed by atoms with Gasteiger partial charge in [-0.25, -0.2) is 0 Å². The number of nitriles is 1. The van der Waals surface area contributed by atoms with Gasteiger partial charge in [-0.3, -0.25) is 0 Å². The van der Waals surface area contributed by atoms with Gasteiger partial charge in [0.25, 0.3) is 0 Å². The lowest BCUT2D eigenvalue weighted by Gasteiger charge is -2.25. The maximum Gasteiger partial charge on any atom is 0.177 e. The van der Waals surface area contributed by atoms with Gasteiger partial charge in [0.2, 0.25) is 0 Å². The van der Waals surface area contributed by atoms with Crippen molar-refractivity contribution in [1.82, 2.24) is 14.8 Å². The van der Waals surface area contributed by atoms with Crippen LogP contribution in [0.15, 0.2) is 101 Å². The van der Waals surface area contributed by atoms with Crippen LogP contribution in [0.2, 0.25) is 0 Å². The summed E-state index contributed by atoms with van der Waals surface area (Å²) in [5, 5.41) is 22.1. The lowest BCUT2D eigenvalue weighted by Crippen LogP contribution is -2.18. The highest BCUT2D eigenvalue weighted by Gasteiger charge is 2.30. The van der Waals surface area contributed by atoms with Gasteiger partial charge in [0.1, 0.15) is 28.2 Å². The van der Waals surface area contributed by atoms with Crippen LogP contribution >= 0.6 is 11.8 Å². The van der Waals surface area contributed by atoms with Crippen molar-refractivity contribution >= 4 is 28.7 Å². The van der Waals surface area contributed by atoms with Crippen LogP contribution in [0.5, 0.6) is 5.75 Å². The molecule has 196 valence electrons. The highest BCUT2D eigenvalue weighted by atomic mass is 32.2. The molecule has 7 heteroatoms. The molecule has 0 amide bonds. The quantitative estimate of drug-likeness (QED) is 0.247. The zero-order valence-electron chi connectivity index (χ0n) is 22.0. The van der Waals surface area contributed by atoms with Crippen LogP contribution in [-0.4, -0.2) is 21.4 Å². The van der Waals surface area contributed by atoms with E-state index in [4.69, 9.17) is 4.74 Å². The molecular formula is C32H31N5OS. The first kappa shape index (κ1) is 26.3. The molecule has 0 saturated heterocycles. The number of aromatic nitrogens is 3. The predicted molar refractivity (Wildman–Crippen MR) is 159 cm³/mol. The maximum absolute atomic E-state index is 10.3. The number of thioether (sulfide) groups is 1. The van der Waals surface area contributed by atoms with Crippen molar-refractivity contribution in [2.24, 2.45) is 0 Å². The van der Waals surface area contributed by atoms with E-state index >= 15 is 0 Å². The molecule has 3 heterocycles. The molecule has 0 spiro atoms. The molecule has 0 radical (unpaired) electrons. The number of allylic oxidation sites excluding steroid dienone is 1. The van der Waals surface area contributed by atoms with Crippen molar-refractivity contribution in [2.75, 3.05) is 11.5 Å². The number of ether oxygens (including phenoxy) is 1. The number of benzene rings is 3. The van der Waals surface area contributed by atoms with Gasteiger partial charge in [-0.1, -0.05) is 72.8 Å². The van der Waals surface area contributed by atoms with Crippen molar-refractivity contribution in [3.8, 4) is 11.8 Å². The Bertz CT molecular complexity index is 1440. The molecule has 0 fully saturated rings. The molecule has 6 rings (SSSR count). The second-order valence-electron chi connectivity index (χ2n) is 9.10. The number of hydrogen-bond acceptors (Lipinski definition) is 6.